The van der Waals surface area contributed by atoms with Crippen LogP contribution in [0.5, 0.6) is 5.75 Å². The van der Waals surface area contributed by atoms with Crippen LogP contribution in [0.25, 0.3) is 50.8 Å². The van der Waals surface area contributed by atoms with Gasteiger partial charge in [-0.3, -0.25) is 4.98 Å². The number of nitrogens with zero attached hydrogens (tertiary/aromatic N) is 5. The Hall–Kier alpha value is -5.24. The molecule has 41 heavy (non-hydrogen) atoms. The molecule has 8 heteroatoms. The van der Waals surface area contributed by atoms with E-state index < -0.39 is 5.97 Å². The van der Waals surface area contributed by atoms with E-state index in [9.17, 15) is 4.79 Å². The molecule has 2 aromatic carbocycles. The molecule has 8 nitrogen and oxygen atoms in total. The van der Waals surface area contributed by atoms with Crippen LogP contribution < -0.4 is 4.74 Å². The first kappa shape index (κ1) is 24.8. The molecule has 2 bridgehead atoms. The molecule has 4 aromatic heterocycles. The van der Waals surface area contributed by atoms with Crippen LogP contribution in [0.2, 0.25) is 0 Å². The molecule has 1 aliphatic heterocycles. The van der Waals surface area contributed by atoms with E-state index in [2.05, 4.69) is 68.7 Å². The van der Waals surface area contributed by atoms with Gasteiger partial charge in [0.1, 0.15) is 16.9 Å². The molecule has 0 radical (unpaired) electrons. The fraction of sp³-hybridized carbons (Fsp3) is 0.152. The lowest BCUT2D eigenvalue weighted by Crippen LogP contribution is -2.08. The van der Waals surface area contributed by atoms with Crippen molar-refractivity contribution in [2.45, 2.75) is 19.5 Å². The predicted octanol–water partition coefficient (Wildman–Crippen LogP) is 6.38. The molecule has 202 valence electrons. The van der Waals surface area contributed by atoms with Crippen LogP contribution in [-0.2, 0) is 17.8 Å². The smallest absolute Gasteiger partial charge is 0.338 e. The number of benzene rings is 2. The minimum atomic E-state index is -0.444. The van der Waals surface area contributed by atoms with Crippen LogP contribution in [0.3, 0.4) is 0 Å². The molecule has 0 amide bonds. The van der Waals surface area contributed by atoms with E-state index in [4.69, 9.17) is 19.4 Å². The second-order valence-corrected chi connectivity index (χ2v) is 10.0. The maximum atomic E-state index is 12.5. The highest BCUT2D eigenvalue weighted by Crippen LogP contribution is 2.36. The molecule has 0 unspecified atom stereocenters. The summed E-state index contributed by atoms with van der Waals surface area (Å²) in [5.41, 5.74) is 7.97. The summed E-state index contributed by atoms with van der Waals surface area (Å²) in [5.74, 6) is 0.853. The van der Waals surface area contributed by atoms with E-state index in [1.165, 1.54) is 7.11 Å². The van der Waals surface area contributed by atoms with E-state index in [1.54, 1.807) is 19.2 Å². The zero-order valence-corrected chi connectivity index (χ0v) is 22.7. The number of rotatable bonds is 2. The van der Waals surface area contributed by atoms with Gasteiger partial charge in [0.15, 0.2) is 5.82 Å². The Bertz CT molecular complexity index is 1980. The Labute approximate surface area is 236 Å². The Morgan fingerprint density at radius 1 is 0.976 bits per heavy atom. The molecule has 0 spiro atoms. The number of ether oxygens (including phenoxy) is 2. The quantitative estimate of drug-likeness (QED) is 0.237. The minimum Gasteiger partial charge on any atom is -0.494 e. The third-order valence-corrected chi connectivity index (χ3v) is 7.56. The summed E-state index contributed by atoms with van der Waals surface area (Å²) in [6, 6.07) is 20.2. The van der Waals surface area contributed by atoms with Gasteiger partial charge in [0.25, 0.3) is 0 Å². The molecule has 0 saturated carbocycles. The van der Waals surface area contributed by atoms with Crippen molar-refractivity contribution < 1.29 is 14.3 Å². The van der Waals surface area contributed by atoms with Gasteiger partial charge in [0.2, 0.25) is 0 Å². The van der Waals surface area contributed by atoms with E-state index >= 15 is 0 Å². The average Bonchev–Trinajstić information content (AvgIpc) is 3.56. The number of aryl methyl sites for hydroxylation is 1. The monoisotopic (exact) mass is 541 g/mol. The first-order chi connectivity index (χ1) is 20.1. The standard InChI is InChI=1S/C33H27N5O3/c1-40-29-17-24(33(39)41-2)15-27-30(29)38-20-21-14-25(19-34-18-21)26-11-4-3-8-22(26)9-5-6-13-37-28(32(38)36-27)16-23-10-7-12-35-31(23)37/h3-5,7-12,14-19H,6,13,20H2,1-2H3/b9-5-. The second kappa shape index (κ2) is 10.1. The number of carbonyl (C=O) groups excluding carboxylic acids is 1. The third kappa shape index (κ3) is 4.24. The summed E-state index contributed by atoms with van der Waals surface area (Å²) in [5, 5.41) is 1.03. The summed E-state index contributed by atoms with van der Waals surface area (Å²) in [4.78, 5) is 27.0. The molecule has 0 aliphatic carbocycles. The number of allylic oxidation sites excluding steroid dienone is 1. The zero-order valence-electron chi connectivity index (χ0n) is 22.7. The van der Waals surface area contributed by atoms with Crippen molar-refractivity contribution in [3.05, 3.63) is 102 Å². The number of fused-ring (bicyclic) bond motifs is 11. The van der Waals surface area contributed by atoms with Crippen LogP contribution in [0.4, 0.5) is 0 Å². The van der Waals surface area contributed by atoms with E-state index in [-0.39, 0.29) is 0 Å². The number of aromatic nitrogens is 5. The van der Waals surface area contributed by atoms with E-state index in [0.717, 1.165) is 63.3 Å². The normalized spacial score (nSPS) is 13.6. The number of hydrogen-bond acceptors (Lipinski definition) is 6. The summed E-state index contributed by atoms with van der Waals surface area (Å²) in [6.45, 7) is 1.21. The lowest BCUT2D eigenvalue weighted by molar-refractivity contribution is 0.0600. The van der Waals surface area contributed by atoms with Crippen molar-refractivity contribution in [2.75, 3.05) is 14.2 Å². The summed E-state index contributed by atoms with van der Waals surface area (Å²) < 4.78 is 15.2. The summed E-state index contributed by atoms with van der Waals surface area (Å²) in [6.07, 6.45) is 10.8. The van der Waals surface area contributed by atoms with Crippen molar-refractivity contribution >= 4 is 34.1 Å². The van der Waals surface area contributed by atoms with Gasteiger partial charge in [-0.15, -0.1) is 0 Å². The molecule has 0 N–H and O–H groups in total. The van der Waals surface area contributed by atoms with Crippen molar-refractivity contribution in [1.29, 1.82) is 0 Å². The molecule has 5 heterocycles. The van der Waals surface area contributed by atoms with Gasteiger partial charge in [-0.25, -0.2) is 14.8 Å². The average molecular weight is 542 g/mol. The van der Waals surface area contributed by atoms with Crippen molar-refractivity contribution in [3.8, 4) is 28.4 Å². The molecule has 0 fully saturated rings. The first-order valence-corrected chi connectivity index (χ1v) is 13.5. The van der Waals surface area contributed by atoms with E-state index in [0.29, 0.717) is 23.4 Å². The molecular formula is C33H27N5O3. The fourth-order valence-electron chi connectivity index (χ4n) is 5.69. The van der Waals surface area contributed by atoms with Crippen LogP contribution in [0, 0.1) is 0 Å². The van der Waals surface area contributed by atoms with Crippen molar-refractivity contribution in [1.82, 2.24) is 24.1 Å². The van der Waals surface area contributed by atoms with Crippen LogP contribution in [0.15, 0.2) is 85.3 Å². The molecule has 6 aromatic rings. The van der Waals surface area contributed by atoms with Gasteiger partial charge in [-0.05, 0) is 59.5 Å². The number of pyridine rings is 2. The Kier molecular flexibility index (Phi) is 6.08. The number of carbonyl (C=O) groups is 1. The van der Waals surface area contributed by atoms with Gasteiger partial charge in [0, 0.05) is 36.1 Å². The number of hydrogen-bond donors (Lipinski definition) is 0. The zero-order chi connectivity index (χ0) is 27.9. The van der Waals surface area contributed by atoms with Gasteiger partial charge >= 0.3 is 5.97 Å². The van der Waals surface area contributed by atoms with Gasteiger partial charge in [-0.1, -0.05) is 36.4 Å². The Morgan fingerprint density at radius 2 is 1.88 bits per heavy atom. The highest BCUT2D eigenvalue weighted by atomic mass is 16.5. The minimum absolute atomic E-state index is 0.381. The fourth-order valence-corrected chi connectivity index (χ4v) is 5.69. The largest absolute Gasteiger partial charge is 0.494 e. The van der Waals surface area contributed by atoms with Gasteiger partial charge in [-0.2, -0.15) is 0 Å². The highest BCUT2D eigenvalue weighted by Gasteiger charge is 2.23. The Morgan fingerprint density at radius 3 is 2.76 bits per heavy atom. The third-order valence-electron chi connectivity index (χ3n) is 7.56. The summed E-state index contributed by atoms with van der Waals surface area (Å²) in [7, 11) is 2.97. The molecule has 0 saturated heterocycles. The maximum Gasteiger partial charge on any atom is 0.338 e. The molecule has 1 aliphatic rings. The topological polar surface area (TPSA) is 84.1 Å². The van der Waals surface area contributed by atoms with E-state index in [1.807, 2.05) is 24.7 Å². The second-order valence-electron chi connectivity index (χ2n) is 10.0. The van der Waals surface area contributed by atoms with Crippen molar-refractivity contribution in [2.24, 2.45) is 0 Å². The van der Waals surface area contributed by atoms with Crippen LogP contribution in [-0.4, -0.2) is 44.3 Å². The van der Waals surface area contributed by atoms with Crippen LogP contribution in [0.1, 0.15) is 27.9 Å². The first-order valence-electron chi connectivity index (χ1n) is 13.5. The summed E-state index contributed by atoms with van der Waals surface area (Å²) >= 11 is 0. The Balaban J connectivity index is 1.54. The molecule has 7 rings (SSSR count). The predicted molar refractivity (Wildman–Crippen MR) is 159 cm³/mol. The van der Waals surface area contributed by atoms with Crippen molar-refractivity contribution in [3.63, 3.8) is 0 Å². The van der Waals surface area contributed by atoms with Crippen LogP contribution >= 0.6 is 0 Å². The number of esters is 1. The lowest BCUT2D eigenvalue weighted by atomic mass is 9.99. The molecule has 0 atom stereocenters. The van der Waals surface area contributed by atoms with Gasteiger partial charge in [0.05, 0.1) is 37.5 Å². The number of imidazole rings is 1. The lowest BCUT2D eigenvalue weighted by Gasteiger charge is -2.15. The SMILES string of the molecule is COC(=O)c1cc(OC)c2c(c1)nc1n2Cc2cncc(c2)-c2ccccc2/C=C\CCn2c-1cc1cccnc12. The number of methoxy groups -OCH3 is 2. The molecular weight excluding hydrogens is 514 g/mol. The highest BCUT2D eigenvalue weighted by molar-refractivity contribution is 5.97. The maximum absolute atomic E-state index is 12.5. The van der Waals surface area contributed by atoms with Gasteiger partial charge < -0.3 is 18.6 Å².